The van der Waals surface area contributed by atoms with E-state index in [1.54, 1.807) is 56.3 Å². The monoisotopic (exact) mass is 880 g/mol. The minimum Gasteiger partial charge on any atom is -0.359 e. The Balaban J connectivity index is -0.0000000526. The van der Waals surface area contributed by atoms with Crippen LogP contribution in [0.2, 0.25) is 0 Å². The Morgan fingerprint density at radius 3 is 0.500 bits per heavy atom. The van der Waals surface area contributed by atoms with Crippen molar-refractivity contribution in [3.8, 4) is 0 Å². The molecule has 0 unspecified atom stereocenters. The van der Waals surface area contributed by atoms with E-state index in [4.69, 9.17) is 0 Å². The van der Waals surface area contributed by atoms with Gasteiger partial charge in [0.15, 0.2) is 0 Å². The van der Waals surface area contributed by atoms with Gasteiger partial charge in [-0.2, -0.15) is 0 Å². The molecule has 0 spiro atoms. The summed E-state index contributed by atoms with van der Waals surface area (Å²) in [5.41, 5.74) is 0. The van der Waals surface area contributed by atoms with Crippen LogP contribution < -0.4 is 51.4 Å². The molecule has 0 atom stereocenters. The predicted octanol–water partition coefficient (Wildman–Crippen LogP) is -3.07. The molecule has 0 aliphatic rings. The fourth-order valence-electron chi connectivity index (χ4n) is 0.498. The molecule has 0 saturated heterocycles. The highest BCUT2D eigenvalue weighted by atomic mass is 32.2. The van der Waals surface area contributed by atoms with E-state index in [1.165, 1.54) is 55.8 Å². The first-order valence-electron chi connectivity index (χ1n) is 16.2. The quantitative estimate of drug-likeness (QED) is 0.127. The first-order valence-corrected chi connectivity index (χ1v) is 21.7. The maximum Gasteiger partial charge on any atom is 0.219 e. The van der Waals surface area contributed by atoms with Gasteiger partial charge in [0.1, 0.15) is 0 Å². The third kappa shape index (κ3) is 178. The molecule has 342 valence electrons. The Morgan fingerprint density at radius 2 is 0.500 bits per heavy atom. The smallest absolute Gasteiger partial charge is 0.219 e. The Labute approximate surface area is 337 Å². The lowest BCUT2D eigenvalue weighted by molar-refractivity contribution is -0.121. The van der Waals surface area contributed by atoms with Crippen LogP contribution in [0.5, 0.6) is 0 Å². The maximum atomic E-state index is 10.3. The summed E-state index contributed by atoms with van der Waals surface area (Å²) < 4.78 is 66.4. The van der Waals surface area contributed by atoms with E-state index in [1.807, 2.05) is 13.8 Å². The summed E-state index contributed by atoms with van der Waals surface area (Å²) in [6.45, 7) is 12.6. The molecular weight excluding hydrogens is 805 g/mol. The lowest BCUT2D eigenvalue weighted by atomic mass is 10.5. The molecule has 23 nitrogen and oxygen atoms in total. The van der Waals surface area contributed by atoms with Crippen LogP contribution in [0.4, 0.5) is 0 Å². The van der Waals surface area contributed by atoms with Crippen molar-refractivity contribution in [3.05, 3.63) is 0 Å². The van der Waals surface area contributed by atoms with Crippen molar-refractivity contribution < 1.29 is 58.8 Å². The van der Waals surface area contributed by atoms with E-state index >= 15 is 0 Å². The summed E-state index contributed by atoms with van der Waals surface area (Å²) in [4.78, 5) is 68.6. The van der Waals surface area contributed by atoms with E-state index in [9.17, 15) is 58.8 Å². The Hall–Kier alpha value is -3.98. The van der Waals surface area contributed by atoms with Crippen molar-refractivity contribution in [1.82, 2.24) is 51.4 Å². The van der Waals surface area contributed by atoms with E-state index < -0.39 is 30.1 Å². The minimum atomic E-state index is -2.91. The Bertz CT molecular complexity index is 1160. The predicted molar refractivity (Wildman–Crippen MR) is 224 cm³/mol. The molecule has 0 fully saturated rings. The van der Waals surface area contributed by atoms with Gasteiger partial charge in [-0.15, -0.1) is 0 Å². The number of carbonyl (C=O) groups excluding carboxylic acids is 7. The number of hydrogen-bond acceptors (Lipinski definition) is 13. The van der Waals surface area contributed by atoms with Gasteiger partial charge in [0.2, 0.25) is 71.4 Å². The molecular formula is C30H76N10O13S3. The molecule has 26 heteroatoms. The molecule has 0 heterocycles. The highest BCUT2D eigenvalue weighted by molar-refractivity contribution is 7.89. The number of sulfonamides is 3. The Kier molecular flexibility index (Phi) is 75.8. The molecule has 0 aromatic rings. The molecule has 0 bridgehead atoms. The summed E-state index contributed by atoms with van der Waals surface area (Å²) >= 11 is 0. The lowest BCUT2D eigenvalue weighted by Crippen LogP contribution is -2.19. The van der Waals surface area contributed by atoms with Crippen molar-refractivity contribution in [2.75, 3.05) is 88.7 Å². The number of carbonyl (C=O) groups is 7. The van der Waals surface area contributed by atoms with Crippen LogP contribution in [0.25, 0.3) is 0 Å². The largest absolute Gasteiger partial charge is 0.359 e. The second kappa shape index (κ2) is 55.4. The standard InChI is InChI=1S/2C4H9NO.C3H9NO2S.5C3H7NO.2C2H7NO2S/c2*1-3-4(6)5-2;1-3-7(5,6)4-2;5*1-3(5)4-2;2*1-3-6(2,4)5/h2*3H2,1-2H3,(H,5,6);4H,3H2,1-2H3;5*1-2H3,(H,4,5);2*3H,1-2H3. The normalized spacial score (nSPS) is 8.64. The third-order valence-electron chi connectivity index (χ3n) is 4.39. The number of nitrogens with one attached hydrogen (secondary N) is 10. The van der Waals surface area contributed by atoms with E-state index in [0.717, 1.165) is 12.5 Å². The summed E-state index contributed by atoms with van der Waals surface area (Å²) in [5, 5.41) is 16.9. The zero-order valence-corrected chi connectivity index (χ0v) is 39.6. The molecule has 0 aliphatic heterocycles. The average molecular weight is 881 g/mol. The molecule has 0 aliphatic carbocycles. The Morgan fingerprint density at radius 1 is 0.357 bits per heavy atom. The maximum absolute atomic E-state index is 10.3. The summed E-state index contributed by atoms with van der Waals surface area (Å²) in [7, 11) is 6.67. The van der Waals surface area contributed by atoms with Crippen LogP contribution in [0, 0.1) is 0 Å². The van der Waals surface area contributed by atoms with Gasteiger partial charge in [0.05, 0.1) is 18.3 Å². The summed E-state index contributed by atoms with van der Waals surface area (Å²) in [6.07, 6.45) is 3.37. The van der Waals surface area contributed by atoms with Crippen LogP contribution in [0.15, 0.2) is 0 Å². The average Bonchev–Trinajstić information content (AvgIpc) is 3.15. The molecule has 0 saturated carbocycles. The fourth-order valence-corrected chi connectivity index (χ4v) is 0.787. The molecule has 0 aromatic heterocycles. The van der Waals surface area contributed by atoms with Gasteiger partial charge < -0.3 is 37.2 Å². The molecule has 0 radical (unpaired) electrons. The molecule has 7 amide bonds. The first-order chi connectivity index (χ1) is 25.2. The van der Waals surface area contributed by atoms with E-state index in [-0.39, 0.29) is 47.1 Å². The van der Waals surface area contributed by atoms with Crippen molar-refractivity contribution >= 4 is 71.4 Å². The van der Waals surface area contributed by atoms with Crippen molar-refractivity contribution in [3.63, 3.8) is 0 Å². The first kappa shape index (κ1) is 76.7. The minimum absolute atomic E-state index is 0.00463. The highest BCUT2D eigenvalue weighted by Gasteiger charge is 1.98. The van der Waals surface area contributed by atoms with Crippen LogP contribution in [-0.4, -0.2) is 155 Å². The van der Waals surface area contributed by atoms with Gasteiger partial charge in [0.25, 0.3) is 0 Å². The number of amides is 7. The number of hydrogen-bond donors (Lipinski definition) is 10. The highest BCUT2D eigenvalue weighted by Crippen LogP contribution is 1.75. The van der Waals surface area contributed by atoms with Gasteiger partial charge in [0, 0.05) is 96.8 Å². The van der Waals surface area contributed by atoms with Gasteiger partial charge in [-0.25, -0.2) is 39.4 Å². The van der Waals surface area contributed by atoms with Gasteiger partial charge in [-0.05, 0) is 28.1 Å². The summed E-state index contributed by atoms with van der Waals surface area (Å²) in [5.74, 6) is 0.365. The SMILES string of the molecule is CCC(=O)NC.CCC(=O)NC.CCS(=O)(=O)NC.CNC(C)=O.CNC(C)=O.CNC(C)=O.CNC(C)=O.CNC(C)=O.CNS(C)(=O)=O.CNS(C)(=O)=O. The van der Waals surface area contributed by atoms with Crippen molar-refractivity contribution in [2.24, 2.45) is 0 Å². The fraction of sp³-hybridized carbons (Fsp3) is 0.767. The zero-order chi connectivity index (χ0) is 47.7. The summed E-state index contributed by atoms with van der Waals surface area (Å²) in [6, 6.07) is 0. The number of rotatable bonds is 6. The van der Waals surface area contributed by atoms with Gasteiger partial charge in [-0.1, -0.05) is 13.8 Å². The topological polar surface area (TPSA) is 342 Å². The molecule has 56 heavy (non-hydrogen) atoms. The molecule has 0 rings (SSSR count). The van der Waals surface area contributed by atoms with Crippen LogP contribution in [-0.2, 0) is 63.6 Å². The zero-order valence-electron chi connectivity index (χ0n) is 37.2. The second-order valence-electron chi connectivity index (χ2n) is 9.14. The van der Waals surface area contributed by atoms with Gasteiger partial charge in [-0.3, -0.25) is 33.6 Å². The van der Waals surface area contributed by atoms with Crippen LogP contribution >= 0.6 is 0 Å². The van der Waals surface area contributed by atoms with Gasteiger partial charge >= 0.3 is 0 Å². The second-order valence-corrected chi connectivity index (χ2v) is 15.3. The van der Waals surface area contributed by atoms with Crippen molar-refractivity contribution in [2.45, 2.75) is 68.2 Å². The third-order valence-corrected chi connectivity index (χ3v) is 7.26. The molecule has 10 N–H and O–H groups in total. The van der Waals surface area contributed by atoms with Crippen LogP contribution in [0.3, 0.4) is 0 Å². The van der Waals surface area contributed by atoms with Crippen LogP contribution in [0.1, 0.15) is 68.2 Å². The van der Waals surface area contributed by atoms with Crippen molar-refractivity contribution in [1.29, 1.82) is 0 Å². The molecule has 0 aromatic carbocycles. The van der Waals surface area contributed by atoms with E-state index in [2.05, 4.69) is 51.4 Å². The van der Waals surface area contributed by atoms with E-state index in [0.29, 0.717) is 12.8 Å². The lowest BCUT2D eigenvalue weighted by Gasteiger charge is -1.92.